The van der Waals surface area contributed by atoms with Crippen LogP contribution in [0.1, 0.15) is 69.4 Å². The maximum absolute atomic E-state index is 4.49. The minimum atomic E-state index is 0.238. The van der Waals surface area contributed by atoms with E-state index in [0.29, 0.717) is 12.0 Å². The molecule has 2 aromatic rings. The normalized spacial score (nSPS) is 19.7. The number of hydrogen-bond donors (Lipinski definition) is 0. The van der Waals surface area contributed by atoms with E-state index in [1.54, 1.807) is 0 Å². The van der Waals surface area contributed by atoms with E-state index in [0.717, 1.165) is 12.4 Å². The van der Waals surface area contributed by atoms with Gasteiger partial charge in [-0.15, -0.1) is 5.10 Å². The van der Waals surface area contributed by atoms with Gasteiger partial charge in [-0.1, -0.05) is 44.9 Å². The van der Waals surface area contributed by atoms with Crippen LogP contribution in [0.25, 0.3) is 0 Å². The van der Waals surface area contributed by atoms with Gasteiger partial charge in [0.25, 0.3) is 0 Å². The molecule has 0 radical (unpaired) electrons. The number of fused-ring (bicyclic) bond motifs is 1. The van der Waals surface area contributed by atoms with Crippen molar-refractivity contribution < 1.29 is 0 Å². The van der Waals surface area contributed by atoms with Crippen LogP contribution < -0.4 is 4.90 Å². The van der Waals surface area contributed by atoms with Gasteiger partial charge in [-0.25, -0.2) is 4.68 Å². The third-order valence-electron chi connectivity index (χ3n) is 5.57. The fourth-order valence-corrected chi connectivity index (χ4v) is 4.45. The van der Waals surface area contributed by atoms with E-state index in [9.17, 15) is 0 Å². The summed E-state index contributed by atoms with van der Waals surface area (Å²) in [5.41, 5.74) is 2.82. The second-order valence-corrected chi connectivity index (χ2v) is 7.53. The van der Waals surface area contributed by atoms with Gasteiger partial charge in [-0.2, -0.15) is 0 Å². The van der Waals surface area contributed by atoms with E-state index in [4.69, 9.17) is 0 Å². The molecule has 0 N–H and O–H groups in total. The Morgan fingerprint density at radius 1 is 1.08 bits per heavy atom. The summed E-state index contributed by atoms with van der Waals surface area (Å²) in [6.07, 6.45) is 7.38. The molecular weight excluding hydrogens is 298 g/mol. The molecule has 1 atom stereocenters. The number of benzene rings is 1. The van der Waals surface area contributed by atoms with Gasteiger partial charge in [-0.3, -0.25) is 0 Å². The average Bonchev–Trinajstić information content (AvgIpc) is 3.26. The monoisotopic (exact) mass is 325 g/mol. The molecule has 2 heterocycles. The molecule has 1 aromatic carbocycles. The number of anilines is 1. The number of tetrazole rings is 1. The molecule has 1 aliphatic carbocycles. The summed E-state index contributed by atoms with van der Waals surface area (Å²) < 4.78 is 2.13. The largest absolute Gasteiger partial charge is 0.361 e. The molecule has 0 saturated heterocycles. The van der Waals surface area contributed by atoms with Crippen molar-refractivity contribution >= 4 is 5.69 Å². The van der Waals surface area contributed by atoms with Crippen LogP contribution >= 0.6 is 0 Å². The lowest BCUT2D eigenvalue weighted by Crippen LogP contribution is -2.38. The van der Waals surface area contributed by atoms with Crippen LogP contribution in [-0.2, 0) is 6.42 Å². The lowest BCUT2D eigenvalue weighted by atomic mass is 9.94. The Balaban J connectivity index is 1.73. The Kier molecular flexibility index (Phi) is 4.25. The third kappa shape index (κ3) is 2.70. The molecule has 5 nitrogen and oxygen atoms in total. The smallest absolute Gasteiger partial charge is 0.174 e. The van der Waals surface area contributed by atoms with Crippen LogP contribution in [0.15, 0.2) is 24.3 Å². The molecule has 4 rings (SSSR count). The van der Waals surface area contributed by atoms with Gasteiger partial charge in [0.15, 0.2) is 5.82 Å². The Bertz CT molecular complexity index is 687. The molecule has 0 bridgehead atoms. The number of hydrogen-bond acceptors (Lipinski definition) is 4. The SMILES string of the molecule is CC(C)[C@H](c1nnnn1C1CCCC1)N1CCCc2ccccc21. The molecule has 1 saturated carbocycles. The van der Waals surface area contributed by atoms with Crippen molar-refractivity contribution in [3.63, 3.8) is 0 Å². The van der Waals surface area contributed by atoms with E-state index in [1.807, 2.05) is 0 Å². The average molecular weight is 325 g/mol. The highest BCUT2D eigenvalue weighted by Crippen LogP contribution is 2.39. The Hall–Kier alpha value is -1.91. The predicted octanol–water partition coefficient (Wildman–Crippen LogP) is 3.94. The van der Waals surface area contributed by atoms with E-state index in [-0.39, 0.29) is 6.04 Å². The molecule has 5 heteroatoms. The summed E-state index contributed by atoms with van der Waals surface area (Å²) >= 11 is 0. The van der Waals surface area contributed by atoms with Crippen molar-refractivity contribution in [2.75, 3.05) is 11.4 Å². The molecule has 0 spiro atoms. The number of nitrogens with zero attached hydrogens (tertiary/aromatic N) is 5. The first kappa shape index (κ1) is 15.6. The highest BCUT2D eigenvalue weighted by molar-refractivity contribution is 5.56. The van der Waals surface area contributed by atoms with Gasteiger partial charge in [0.2, 0.25) is 0 Å². The van der Waals surface area contributed by atoms with Crippen LogP contribution in [0.4, 0.5) is 5.69 Å². The molecule has 1 fully saturated rings. The zero-order valence-electron chi connectivity index (χ0n) is 14.7. The Morgan fingerprint density at radius 3 is 2.67 bits per heavy atom. The topological polar surface area (TPSA) is 46.8 Å². The molecule has 2 aliphatic rings. The van der Waals surface area contributed by atoms with Gasteiger partial charge in [0.1, 0.15) is 0 Å². The fraction of sp³-hybridized carbons (Fsp3) is 0.632. The molecule has 0 unspecified atom stereocenters. The fourth-order valence-electron chi connectivity index (χ4n) is 4.45. The van der Waals surface area contributed by atoms with Gasteiger partial charge in [-0.05, 0) is 53.7 Å². The molecular formula is C19H27N5. The summed E-state index contributed by atoms with van der Waals surface area (Å²) in [5, 5.41) is 12.9. The maximum Gasteiger partial charge on any atom is 0.174 e. The zero-order valence-corrected chi connectivity index (χ0v) is 14.7. The maximum atomic E-state index is 4.49. The summed E-state index contributed by atoms with van der Waals surface area (Å²) in [7, 11) is 0. The van der Waals surface area contributed by atoms with E-state index < -0.39 is 0 Å². The van der Waals surface area contributed by atoms with Crippen molar-refractivity contribution in [3.05, 3.63) is 35.7 Å². The number of aromatic nitrogens is 4. The number of rotatable bonds is 4. The second kappa shape index (κ2) is 6.54. The second-order valence-electron chi connectivity index (χ2n) is 7.53. The van der Waals surface area contributed by atoms with Gasteiger partial charge >= 0.3 is 0 Å². The first-order valence-electron chi connectivity index (χ1n) is 9.38. The van der Waals surface area contributed by atoms with Crippen molar-refractivity contribution in [1.29, 1.82) is 0 Å². The predicted molar refractivity (Wildman–Crippen MR) is 95.0 cm³/mol. The standard InChI is InChI=1S/C19H27N5/c1-14(2)18(19-20-21-22-24(19)16-10-4-5-11-16)23-13-7-9-15-8-3-6-12-17(15)23/h3,6,8,12,14,16,18H,4-5,7,9-11,13H2,1-2H3/t18-/m1/s1. The van der Waals surface area contributed by atoms with Crippen LogP contribution in [0.5, 0.6) is 0 Å². The quantitative estimate of drug-likeness (QED) is 0.854. The minimum absolute atomic E-state index is 0.238. The lowest BCUT2D eigenvalue weighted by molar-refractivity contribution is 0.376. The van der Waals surface area contributed by atoms with Crippen LogP contribution in [0.2, 0.25) is 0 Å². The third-order valence-corrected chi connectivity index (χ3v) is 5.57. The summed E-state index contributed by atoms with van der Waals surface area (Å²) in [6, 6.07) is 9.54. The van der Waals surface area contributed by atoms with Crippen molar-refractivity contribution in [2.45, 2.75) is 64.5 Å². The number of aryl methyl sites for hydroxylation is 1. The molecule has 128 valence electrons. The lowest BCUT2D eigenvalue weighted by Gasteiger charge is -2.39. The van der Waals surface area contributed by atoms with E-state index in [2.05, 4.69) is 63.2 Å². The van der Waals surface area contributed by atoms with Crippen molar-refractivity contribution in [3.8, 4) is 0 Å². The molecule has 1 aromatic heterocycles. The first-order valence-corrected chi connectivity index (χ1v) is 9.38. The van der Waals surface area contributed by atoms with Crippen LogP contribution in [0.3, 0.4) is 0 Å². The highest BCUT2D eigenvalue weighted by atomic mass is 15.6. The number of para-hydroxylation sites is 1. The zero-order chi connectivity index (χ0) is 16.5. The molecule has 24 heavy (non-hydrogen) atoms. The Morgan fingerprint density at radius 2 is 1.88 bits per heavy atom. The molecule has 1 aliphatic heterocycles. The Labute approximate surface area is 144 Å². The molecule has 0 amide bonds. The highest BCUT2D eigenvalue weighted by Gasteiger charge is 2.33. The van der Waals surface area contributed by atoms with Gasteiger partial charge < -0.3 is 4.90 Å². The van der Waals surface area contributed by atoms with E-state index >= 15 is 0 Å². The summed E-state index contributed by atoms with van der Waals surface area (Å²) in [5.74, 6) is 1.51. The van der Waals surface area contributed by atoms with Gasteiger partial charge in [0.05, 0.1) is 12.1 Å². The minimum Gasteiger partial charge on any atom is -0.361 e. The summed E-state index contributed by atoms with van der Waals surface area (Å²) in [6.45, 7) is 5.66. The van der Waals surface area contributed by atoms with Crippen LogP contribution in [-0.4, -0.2) is 26.8 Å². The van der Waals surface area contributed by atoms with Crippen LogP contribution in [0, 0.1) is 5.92 Å². The summed E-state index contributed by atoms with van der Waals surface area (Å²) in [4.78, 5) is 2.54. The van der Waals surface area contributed by atoms with Crippen molar-refractivity contribution in [2.24, 2.45) is 5.92 Å². The first-order chi connectivity index (χ1) is 11.8. The van der Waals surface area contributed by atoms with Gasteiger partial charge in [0, 0.05) is 12.2 Å². The van der Waals surface area contributed by atoms with Crippen molar-refractivity contribution in [1.82, 2.24) is 20.2 Å². The van der Waals surface area contributed by atoms with E-state index in [1.165, 1.54) is 49.8 Å².